The number of hydrogen-bond donors (Lipinski definition) is 0. The fraction of sp³-hybridized carbons (Fsp3) is 0.158. The Morgan fingerprint density at radius 2 is 1.71 bits per heavy atom. The van der Waals surface area contributed by atoms with Gasteiger partial charge in [0.1, 0.15) is 0 Å². The second kappa shape index (κ2) is 7.00. The molecular weight excluding hydrogens is 302 g/mol. The first-order valence-electron chi connectivity index (χ1n) is 7.72. The average Bonchev–Trinajstić information content (AvgIpc) is 2.62. The number of hydrogen-bond acceptors (Lipinski definition) is 5. The van der Waals surface area contributed by atoms with E-state index in [2.05, 4.69) is 15.0 Å². The molecule has 3 aromatic rings. The first kappa shape index (κ1) is 15.8. The first-order chi connectivity index (χ1) is 11.7. The lowest BCUT2D eigenvalue weighted by Crippen LogP contribution is -2.06. The molecule has 0 aliphatic rings. The van der Waals surface area contributed by atoms with Crippen molar-refractivity contribution in [2.24, 2.45) is 0 Å². The van der Waals surface area contributed by atoms with Gasteiger partial charge in [-0.3, -0.25) is 9.97 Å². The molecule has 0 amide bonds. The maximum absolute atomic E-state index is 12.2. The molecule has 5 heteroatoms. The molecule has 0 aliphatic heterocycles. The van der Waals surface area contributed by atoms with Gasteiger partial charge in [-0.05, 0) is 50.2 Å². The van der Waals surface area contributed by atoms with Crippen LogP contribution in [0.4, 0.5) is 0 Å². The van der Waals surface area contributed by atoms with Crippen molar-refractivity contribution in [2.75, 3.05) is 6.61 Å². The van der Waals surface area contributed by atoms with Crippen LogP contribution in [0.1, 0.15) is 23.0 Å². The van der Waals surface area contributed by atoms with Gasteiger partial charge in [-0.25, -0.2) is 9.78 Å². The minimum atomic E-state index is -0.383. The van der Waals surface area contributed by atoms with Crippen LogP contribution in [-0.4, -0.2) is 27.5 Å². The lowest BCUT2D eigenvalue weighted by molar-refractivity contribution is 0.0526. The molecule has 3 rings (SSSR count). The van der Waals surface area contributed by atoms with Crippen LogP contribution in [-0.2, 0) is 4.74 Å². The maximum Gasteiger partial charge on any atom is 0.338 e. The summed E-state index contributed by atoms with van der Waals surface area (Å²) in [4.78, 5) is 25.6. The number of aryl methyl sites for hydroxylation is 1. The fourth-order valence-electron chi connectivity index (χ4n) is 2.33. The number of nitrogens with zero attached hydrogens (tertiary/aromatic N) is 3. The maximum atomic E-state index is 12.2. The van der Waals surface area contributed by atoms with E-state index in [-0.39, 0.29) is 5.97 Å². The van der Waals surface area contributed by atoms with Crippen molar-refractivity contribution >= 4 is 5.97 Å². The van der Waals surface area contributed by atoms with Crippen LogP contribution in [0.2, 0.25) is 0 Å². The van der Waals surface area contributed by atoms with Crippen molar-refractivity contribution in [1.82, 2.24) is 15.0 Å². The van der Waals surface area contributed by atoms with Gasteiger partial charge in [0.25, 0.3) is 0 Å². The Bertz CT molecular complexity index is 863. The Morgan fingerprint density at radius 1 is 0.958 bits per heavy atom. The summed E-state index contributed by atoms with van der Waals surface area (Å²) in [6.07, 6.45) is 1.69. The zero-order chi connectivity index (χ0) is 16.9. The Labute approximate surface area is 140 Å². The van der Waals surface area contributed by atoms with Crippen LogP contribution in [0.5, 0.6) is 0 Å². The van der Waals surface area contributed by atoms with Crippen LogP contribution in [0.3, 0.4) is 0 Å². The summed E-state index contributed by atoms with van der Waals surface area (Å²) in [5.41, 5.74) is 3.95. The second-order valence-electron chi connectivity index (χ2n) is 5.23. The van der Waals surface area contributed by atoms with E-state index in [1.165, 1.54) is 0 Å². The summed E-state index contributed by atoms with van der Waals surface area (Å²) in [7, 11) is 0. The molecule has 0 aromatic carbocycles. The summed E-state index contributed by atoms with van der Waals surface area (Å²) in [5, 5.41) is 0. The first-order valence-corrected chi connectivity index (χ1v) is 7.72. The number of esters is 1. The van der Waals surface area contributed by atoms with Crippen LogP contribution in [0, 0.1) is 6.92 Å². The monoisotopic (exact) mass is 319 g/mol. The van der Waals surface area contributed by atoms with Crippen LogP contribution < -0.4 is 0 Å². The molecule has 3 aromatic heterocycles. The Kier molecular flexibility index (Phi) is 4.61. The van der Waals surface area contributed by atoms with Gasteiger partial charge in [-0.15, -0.1) is 0 Å². The van der Waals surface area contributed by atoms with E-state index in [0.29, 0.717) is 34.9 Å². The Morgan fingerprint density at radius 3 is 2.38 bits per heavy atom. The van der Waals surface area contributed by atoms with Crippen LogP contribution in [0.15, 0.2) is 54.7 Å². The molecule has 0 aliphatic carbocycles. The molecule has 0 unspecified atom stereocenters. The number of pyridine rings is 3. The third-order valence-electron chi connectivity index (χ3n) is 3.41. The second-order valence-corrected chi connectivity index (χ2v) is 5.23. The number of rotatable bonds is 4. The van der Waals surface area contributed by atoms with Crippen molar-refractivity contribution in [2.45, 2.75) is 13.8 Å². The molecule has 0 atom stereocenters. The normalized spacial score (nSPS) is 10.4. The predicted octanol–water partition coefficient (Wildman–Crippen LogP) is 3.69. The lowest BCUT2D eigenvalue weighted by Gasteiger charge is -2.09. The SMILES string of the molecule is CCOC(=O)c1cc(-c2ccccn2)nc(-c2cccc(C)n2)c1. The van der Waals surface area contributed by atoms with E-state index >= 15 is 0 Å². The average molecular weight is 319 g/mol. The third kappa shape index (κ3) is 3.46. The number of carbonyl (C=O) groups excluding carboxylic acids is 1. The molecule has 0 bridgehead atoms. The van der Waals surface area contributed by atoms with Gasteiger partial charge in [0.15, 0.2) is 0 Å². The van der Waals surface area contributed by atoms with E-state index in [4.69, 9.17) is 4.74 Å². The van der Waals surface area contributed by atoms with Gasteiger partial charge in [-0.2, -0.15) is 0 Å². The highest BCUT2D eigenvalue weighted by Gasteiger charge is 2.14. The van der Waals surface area contributed by atoms with Gasteiger partial charge in [0.05, 0.1) is 34.9 Å². The quantitative estimate of drug-likeness (QED) is 0.686. The highest BCUT2D eigenvalue weighted by Crippen LogP contribution is 2.23. The summed E-state index contributed by atoms with van der Waals surface area (Å²) in [6.45, 7) is 4.01. The molecule has 0 saturated carbocycles. The predicted molar refractivity (Wildman–Crippen MR) is 91.4 cm³/mol. The molecular formula is C19H17N3O2. The van der Waals surface area contributed by atoms with Crippen molar-refractivity contribution in [1.29, 1.82) is 0 Å². The van der Waals surface area contributed by atoms with Crippen molar-refractivity contribution < 1.29 is 9.53 Å². The zero-order valence-electron chi connectivity index (χ0n) is 13.6. The topological polar surface area (TPSA) is 65.0 Å². The zero-order valence-corrected chi connectivity index (χ0v) is 13.6. The van der Waals surface area contributed by atoms with Gasteiger partial charge < -0.3 is 4.74 Å². The van der Waals surface area contributed by atoms with Crippen LogP contribution in [0.25, 0.3) is 22.8 Å². The van der Waals surface area contributed by atoms with Crippen molar-refractivity contribution in [3.05, 3.63) is 66.0 Å². The summed E-state index contributed by atoms with van der Waals surface area (Å²) >= 11 is 0. The largest absolute Gasteiger partial charge is 0.462 e. The van der Waals surface area contributed by atoms with E-state index < -0.39 is 0 Å². The minimum absolute atomic E-state index is 0.318. The smallest absolute Gasteiger partial charge is 0.338 e. The molecule has 0 saturated heterocycles. The van der Waals surface area contributed by atoms with E-state index in [1.807, 2.05) is 43.3 Å². The van der Waals surface area contributed by atoms with Crippen molar-refractivity contribution in [3.63, 3.8) is 0 Å². The Balaban J connectivity index is 2.14. The van der Waals surface area contributed by atoms with Gasteiger partial charge in [0.2, 0.25) is 0 Å². The molecule has 24 heavy (non-hydrogen) atoms. The minimum Gasteiger partial charge on any atom is -0.462 e. The molecule has 0 N–H and O–H groups in total. The number of aromatic nitrogens is 3. The van der Waals surface area contributed by atoms with Crippen molar-refractivity contribution in [3.8, 4) is 22.8 Å². The van der Waals surface area contributed by atoms with Gasteiger partial charge >= 0.3 is 5.97 Å². The molecule has 120 valence electrons. The molecule has 0 spiro atoms. The number of carbonyl (C=O) groups is 1. The van der Waals surface area contributed by atoms with Gasteiger partial charge in [0, 0.05) is 11.9 Å². The highest BCUT2D eigenvalue weighted by molar-refractivity contribution is 5.91. The Hall–Kier alpha value is -3.08. The highest BCUT2D eigenvalue weighted by atomic mass is 16.5. The fourth-order valence-corrected chi connectivity index (χ4v) is 2.33. The van der Waals surface area contributed by atoms with Crippen LogP contribution >= 0.6 is 0 Å². The van der Waals surface area contributed by atoms with E-state index in [1.54, 1.807) is 25.3 Å². The van der Waals surface area contributed by atoms with E-state index in [0.717, 1.165) is 5.69 Å². The third-order valence-corrected chi connectivity index (χ3v) is 3.41. The number of ether oxygens (including phenoxy) is 1. The summed E-state index contributed by atoms with van der Waals surface area (Å²) in [5.74, 6) is -0.383. The lowest BCUT2D eigenvalue weighted by atomic mass is 10.1. The molecule has 5 nitrogen and oxygen atoms in total. The van der Waals surface area contributed by atoms with Gasteiger partial charge in [-0.1, -0.05) is 12.1 Å². The summed E-state index contributed by atoms with van der Waals surface area (Å²) < 4.78 is 5.13. The molecule has 0 radical (unpaired) electrons. The van der Waals surface area contributed by atoms with E-state index in [9.17, 15) is 4.79 Å². The molecule has 0 fully saturated rings. The molecule has 3 heterocycles. The standard InChI is InChI=1S/C19H17N3O2/c1-3-24-19(23)14-11-17(15-8-4-5-10-20-15)22-18(12-14)16-9-6-7-13(2)21-16/h4-12H,3H2,1-2H3. The summed E-state index contributed by atoms with van der Waals surface area (Å²) in [6, 6.07) is 14.7.